The van der Waals surface area contributed by atoms with Crippen LogP contribution in [0.1, 0.15) is 37.2 Å². The normalized spacial score (nSPS) is 12.6. The highest BCUT2D eigenvalue weighted by Gasteiger charge is 2.19. The molecule has 0 unspecified atom stereocenters. The number of hydrogen-bond donors (Lipinski definition) is 0. The van der Waals surface area contributed by atoms with Gasteiger partial charge in [0.1, 0.15) is 17.1 Å². The van der Waals surface area contributed by atoms with Gasteiger partial charge in [-0.05, 0) is 64.6 Å². The number of rotatable bonds is 10. The lowest BCUT2D eigenvalue weighted by atomic mass is 9.95. The smallest absolute Gasteiger partial charge is 0.164 e. The predicted octanol–water partition coefficient (Wildman–Crippen LogP) is 11.6. The highest BCUT2D eigenvalue weighted by atomic mass is 16.5. The maximum Gasteiger partial charge on any atom is 0.164 e. The van der Waals surface area contributed by atoms with Crippen molar-refractivity contribution in [2.75, 3.05) is 6.61 Å². The molecule has 2 aromatic heterocycles. The zero-order valence-electron chi connectivity index (χ0n) is 28.3. The lowest BCUT2D eigenvalue weighted by Crippen LogP contribution is -2.08. The fourth-order valence-electron chi connectivity index (χ4n) is 6.35. The van der Waals surface area contributed by atoms with E-state index >= 15 is 0 Å². The van der Waals surface area contributed by atoms with Crippen LogP contribution in [0.4, 0.5) is 0 Å². The lowest BCUT2D eigenvalue weighted by molar-refractivity contribution is 0.256. The predicted molar refractivity (Wildman–Crippen MR) is 205 cm³/mol. The number of allylic oxidation sites excluding steroid dienone is 1. The number of benzene rings is 5. The van der Waals surface area contributed by atoms with E-state index in [0.29, 0.717) is 30.0 Å². The van der Waals surface area contributed by atoms with Gasteiger partial charge in [-0.15, -0.1) is 0 Å². The van der Waals surface area contributed by atoms with E-state index in [9.17, 15) is 0 Å². The van der Waals surface area contributed by atoms with Crippen molar-refractivity contribution in [2.24, 2.45) is 5.92 Å². The SMILES string of the molecule is C=Cc1ccc(-c2cc(-c3ccccc3)cc(-c3nc(-c4ccccc4)nc(-c4ccc5c6c(oc5c4)CC=C6)n3)c2)cc1OC[C@@H](C)CC. The van der Waals surface area contributed by atoms with Gasteiger partial charge in [-0.2, -0.15) is 0 Å². The summed E-state index contributed by atoms with van der Waals surface area (Å²) in [4.78, 5) is 15.2. The average Bonchev–Trinajstić information content (AvgIpc) is 3.79. The summed E-state index contributed by atoms with van der Waals surface area (Å²) < 4.78 is 12.6. The molecule has 244 valence electrons. The molecule has 5 aromatic carbocycles. The summed E-state index contributed by atoms with van der Waals surface area (Å²) in [6.07, 6.45) is 7.99. The highest BCUT2D eigenvalue weighted by Crippen LogP contribution is 2.37. The summed E-state index contributed by atoms with van der Waals surface area (Å²) in [7, 11) is 0. The zero-order chi connectivity index (χ0) is 34.0. The average molecular weight is 652 g/mol. The second-order valence-electron chi connectivity index (χ2n) is 12.9. The molecule has 0 spiro atoms. The van der Waals surface area contributed by atoms with Gasteiger partial charge in [0, 0.05) is 39.6 Å². The Morgan fingerprint density at radius 3 is 2.06 bits per heavy atom. The molecule has 1 aliphatic rings. The van der Waals surface area contributed by atoms with Crippen LogP contribution in [0.15, 0.2) is 132 Å². The molecule has 5 nitrogen and oxygen atoms in total. The van der Waals surface area contributed by atoms with Crippen LogP contribution in [0.5, 0.6) is 5.75 Å². The van der Waals surface area contributed by atoms with Crippen LogP contribution in [0.25, 0.3) is 79.5 Å². The summed E-state index contributed by atoms with van der Waals surface area (Å²) in [5.41, 5.74) is 9.90. The summed E-state index contributed by atoms with van der Waals surface area (Å²) in [6, 6.07) is 39.6. The van der Waals surface area contributed by atoms with Crippen molar-refractivity contribution >= 4 is 23.1 Å². The largest absolute Gasteiger partial charge is 0.493 e. The maximum atomic E-state index is 6.34. The molecule has 8 rings (SSSR count). The topological polar surface area (TPSA) is 61.0 Å². The van der Waals surface area contributed by atoms with Gasteiger partial charge in [0.25, 0.3) is 0 Å². The Labute approximate surface area is 292 Å². The molecule has 50 heavy (non-hydrogen) atoms. The molecular formula is C45H37N3O2. The Morgan fingerprint density at radius 1 is 0.700 bits per heavy atom. The molecule has 1 aliphatic carbocycles. The van der Waals surface area contributed by atoms with E-state index < -0.39 is 0 Å². The number of fused-ring (bicyclic) bond motifs is 3. The highest BCUT2D eigenvalue weighted by molar-refractivity contribution is 5.92. The molecule has 0 saturated heterocycles. The van der Waals surface area contributed by atoms with E-state index in [1.807, 2.05) is 48.5 Å². The van der Waals surface area contributed by atoms with Crippen molar-refractivity contribution in [1.82, 2.24) is 15.0 Å². The Bertz CT molecular complexity index is 2370. The van der Waals surface area contributed by atoms with Crippen molar-refractivity contribution in [3.8, 4) is 62.2 Å². The van der Waals surface area contributed by atoms with Crippen LogP contribution in [0, 0.1) is 5.92 Å². The minimum atomic E-state index is 0.451. The van der Waals surface area contributed by atoms with Gasteiger partial charge in [0.15, 0.2) is 17.5 Å². The van der Waals surface area contributed by atoms with Gasteiger partial charge in [-0.25, -0.2) is 15.0 Å². The molecule has 0 radical (unpaired) electrons. The second kappa shape index (κ2) is 13.4. The van der Waals surface area contributed by atoms with Crippen molar-refractivity contribution in [2.45, 2.75) is 26.7 Å². The maximum absolute atomic E-state index is 6.34. The first kappa shape index (κ1) is 31.2. The van der Waals surface area contributed by atoms with E-state index in [4.69, 9.17) is 24.1 Å². The van der Waals surface area contributed by atoms with E-state index in [2.05, 4.69) is 105 Å². The minimum Gasteiger partial charge on any atom is -0.493 e. The first-order valence-electron chi connectivity index (χ1n) is 17.2. The first-order valence-corrected chi connectivity index (χ1v) is 17.2. The van der Waals surface area contributed by atoms with Crippen molar-refractivity contribution < 1.29 is 9.15 Å². The van der Waals surface area contributed by atoms with Gasteiger partial charge >= 0.3 is 0 Å². The number of nitrogens with zero attached hydrogens (tertiary/aromatic N) is 3. The van der Waals surface area contributed by atoms with Crippen molar-refractivity contribution in [3.63, 3.8) is 0 Å². The molecule has 7 aromatic rings. The lowest BCUT2D eigenvalue weighted by Gasteiger charge is -2.16. The second-order valence-corrected chi connectivity index (χ2v) is 12.9. The third-order valence-corrected chi connectivity index (χ3v) is 9.40. The van der Waals surface area contributed by atoms with E-state index in [0.717, 1.165) is 85.4 Å². The molecule has 0 saturated carbocycles. The third kappa shape index (κ3) is 6.14. The first-order chi connectivity index (χ1) is 24.6. The minimum absolute atomic E-state index is 0.451. The Balaban J connectivity index is 1.29. The standard InChI is InChI=1S/C45H37N3O2/c1-4-29(3)28-49-41-26-33(20-19-30(41)5-2)36-23-35(31-13-8-6-9-14-31)24-37(25-36)45-47-43(32-15-10-7-11-16-32)46-44(48-45)34-21-22-39-38-17-12-18-40(38)50-42(39)27-34/h5-17,19-27,29H,2,4,18,28H2,1,3H3/t29-/m0/s1. The molecule has 1 atom stereocenters. The number of ether oxygens (including phenoxy) is 1. The van der Waals surface area contributed by atoms with Gasteiger partial charge in [0.05, 0.1) is 6.61 Å². The van der Waals surface area contributed by atoms with E-state index in [-0.39, 0.29) is 0 Å². The van der Waals surface area contributed by atoms with Crippen molar-refractivity contribution in [1.29, 1.82) is 0 Å². The Morgan fingerprint density at radius 2 is 1.34 bits per heavy atom. The molecule has 5 heteroatoms. The van der Waals surface area contributed by atoms with Crippen LogP contribution in [-0.4, -0.2) is 21.6 Å². The van der Waals surface area contributed by atoms with Gasteiger partial charge in [0.2, 0.25) is 0 Å². The molecule has 0 amide bonds. The van der Waals surface area contributed by atoms with Crippen LogP contribution in [0.2, 0.25) is 0 Å². The van der Waals surface area contributed by atoms with E-state index in [1.165, 1.54) is 0 Å². The fourth-order valence-corrected chi connectivity index (χ4v) is 6.35. The van der Waals surface area contributed by atoms with Crippen molar-refractivity contribution in [3.05, 3.63) is 145 Å². The van der Waals surface area contributed by atoms with Gasteiger partial charge in [-0.1, -0.05) is 124 Å². The molecule has 2 heterocycles. The monoisotopic (exact) mass is 651 g/mol. The summed E-state index contributed by atoms with van der Waals surface area (Å²) >= 11 is 0. The van der Waals surface area contributed by atoms with Gasteiger partial charge in [-0.3, -0.25) is 0 Å². The van der Waals surface area contributed by atoms with Crippen LogP contribution < -0.4 is 4.74 Å². The zero-order valence-corrected chi connectivity index (χ0v) is 28.3. The van der Waals surface area contributed by atoms with Gasteiger partial charge < -0.3 is 9.15 Å². The molecule has 0 fully saturated rings. The van der Waals surface area contributed by atoms with E-state index in [1.54, 1.807) is 0 Å². The summed E-state index contributed by atoms with van der Waals surface area (Å²) in [5.74, 6) is 4.07. The third-order valence-electron chi connectivity index (χ3n) is 9.40. The molecule has 0 aliphatic heterocycles. The number of aromatic nitrogens is 3. The Hall–Kier alpha value is -6.07. The molecule has 0 N–H and O–H groups in total. The number of hydrogen-bond acceptors (Lipinski definition) is 5. The number of furan rings is 1. The quantitative estimate of drug-likeness (QED) is 0.147. The summed E-state index contributed by atoms with van der Waals surface area (Å²) in [6.45, 7) is 9.07. The Kier molecular flexibility index (Phi) is 8.39. The van der Waals surface area contributed by atoms with Crippen LogP contribution in [-0.2, 0) is 6.42 Å². The van der Waals surface area contributed by atoms with Crippen LogP contribution in [0.3, 0.4) is 0 Å². The molecular weight excluding hydrogens is 615 g/mol. The fraction of sp³-hybridized carbons (Fsp3) is 0.133. The molecule has 0 bridgehead atoms. The van der Waals surface area contributed by atoms with Crippen LogP contribution >= 0.6 is 0 Å². The summed E-state index contributed by atoms with van der Waals surface area (Å²) in [5, 5.41) is 1.10.